The largest absolute Gasteiger partial charge is 0.378 e. The third-order valence-electron chi connectivity index (χ3n) is 8.54. The molecule has 3 saturated heterocycles. The van der Waals surface area contributed by atoms with Crippen LogP contribution in [0.3, 0.4) is 0 Å². The Morgan fingerprint density at radius 2 is 2.00 bits per heavy atom. The van der Waals surface area contributed by atoms with Crippen LogP contribution in [-0.2, 0) is 22.5 Å². The van der Waals surface area contributed by atoms with Gasteiger partial charge in [0.1, 0.15) is 11.4 Å². The summed E-state index contributed by atoms with van der Waals surface area (Å²) in [6.07, 6.45) is 5.70. The highest BCUT2D eigenvalue weighted by Crippen LogP contribution is 2.38. The molecule has 2 N–H and O–H groups in total. The molecule has 0 spiro atoms. The number of fused-ring (bicyclic) bond motifs is 4. The van der Waals surface area contributed by atoms with Gasteiger partial charge in [-0.2, -0.15) is 0 Å². The predicted octanol–water partition coefficient (Wildman–Crippen LogP) is 3.20. The summed E-state index contributed by atoms with van der Waals surface area (Å²) < 4.78 is 5.83. The number of pyridine rings is 1. The van der Waals surface area contributed by atoms with Crippen LogP contribution in [0.15, 0.2) is 30.6 Å². The molecule has 6 heterocycles. The van der Waals surface area contributed by atoms with Crippen molar-refractivity contribution in [1.29, 1.82) is 0 Å². The number of urea groups is 1. The molecule has 3 atom stereocenters. The molecule has 8 heteroatoms. The van der Waals surface area contributed by atoms with E-state index in [0.29, 0.717) is 45.2 Å². The number of aromatic amines is 1. The van der Waals surface area contributed by atoms with Crippen LogP contribution in [0.1, 0.15) is 34.7 Å². The summed E-state index contributed by atoms with van der Waals surface area (Å²) in [5, 5.41) is 4.77. The quantitative estimate of drug-likeness (QED) is 0.582. The molecule has 2 unspecified atom stereocenters. The zero-order valence-electron chi connectivity index (χ0n) is 20.5. The van der Waals surface area contributed by atoms with Gasteiger partial charge >= 0.3 is 6.03 Å². The predicted molar refractivity (Wildman–Crippen MR) is 136 cm³/mol. The summed E-state index contributed by atoms with van der Waals surface area (Å²) in [5.74, 6) is 0.464. The second kappa shape index (κ2) is 8.42. The van der Waals surface area contributed by atoms with Gasteiger partial charge in [0, 0.05) is 67.9 Å². The van der Waals surface area contributed by atoms with E-state index >= 15 is 0 Å². The molecule has 0 radical (unpaired) electrons. The zero-order chi connectivity index (χ0) is 24.4. The molecule has 8 nitrogen and oxygen atoms in total. The van der Waals surface area contributed by atoms with Crippen LogP contribution < -0.4 is 5.32 Å². The molecular weight excluding hydrogens is 454 g/mol. The van der Waals surface area contributed by atoms with Gasteiger partial charge < -0.3 is 24.8 Å². The van der Waals surface area contributed by atoms with Crippen molar-refractivity contribution >= 4 is 22.8 Å². The van der Waals surface area contributed by atoms with E-state index in [9.17, 15) is 9.59 Å². The van der Waals surface area contributed by atoms with E-state index in [-0.39, 0.29) is 23.9 Å². The average molecular weight is 486 g/mol. The van der Waals surface area contributed by atoms with Crippen molar-refractivity contribution in [3.05, 3.63) is 52.8 Å². The normalized spacial score (nSPS) is 25.6. The molecule has 2 bridgehead atoms. The second-order valence-electron chi connectivity index (χ2n) is 10.8. The summed E-state index contributed by atoms with van der Waals surface area (Å²) in [6.45, 7) is 6.69. The third kappa shape index (κ3) is 3.54. The number of hydrogen-bond acceptors (Lipinski definition) is 5. The standard InChI is InChI=1S/C28H31N5O3/c1-16-10-30-27-22(16)9-19(11-31-27)18-6-17-2-4-32(28(35)33-12-20-7-21(13-33)26(20)34)14-24(17)23(8-18)25-15-36-5-3-29-25/h6,8-11,20-21,25,29H,2-5,7,12-15H2,1H3,(H,30,31)/t20?,21?,25-/m0/s1. The summed E-state index contributed by atoms with van der Waals surface area (Å²) in [6, 6.07) is 6.92. The molecule has 4 fully saturated rings. The first-order valence-electron chi connectivity index (χ1n) is 13.0. The van der Waals surface area contributed by atoms with Crippen molar-refractivity contribution in [3.8, 4) is 11.1 Å². The van der Waals surface area contributed by atoms with E-state index in [1.807, 2.05) is 22.2 Å². The molecular formula is C28H31N5O3. The number of nitrogens with one attached hydrogen (secondary N) is 2. The van der Waals surface area contributed by atoms with Gasteiger partial charge in [-0.1, -0.05) is 6.07 Å². The zero-order valence-corrected chi connectivity index (χ0v) is 20.5. The molecule has 1 aliphatic carbocycles. The molecule has 4 aliphatic heterocycles. The van der Waals surface area contributed by atoms with E-state index in [1.54, 1.807) is 0 Å². The lowest BCUT2D eigenvalue weighted by Gasteiger charge is -2.47. The van der Waals surface area contributed by atoms with E-state index < -0.39 is 0 Å². The van der Waals surface area contributed by atoms with Crippen LogP contribution in [0, 0.1) is 18.8 Å². The molecule has 2 aromatic heterocycles. The van der Waals surface area contributed by atoms with Crippen molar-refractivity contribution in [2.45, 2.75) is 32.4 Å². The van der Waals surface area contributed by atoms with Crippen LogP contribution >= 0.6 is 0 Å². The van der Waals surface area contributed by atoms with E-state index in [0.717, 1.165) is 41.5 Å². The van der Waals surface area contributed by atoms with Crippen molar-refractivity contribution in [1.82, 2.24) is 25.1 Å². The van der Waals surface area contributed by atoms with Crippen molar-refractivity contribution < 1.29 is 14.3 Å². The Bertz CT molecular complexity index is 1360. The van der Waals surface area contributed by atoms with Crippen molar-refractivity contribution in [3.63, 3.8) is 0 Å². The topological polar surface area (TPSA) is 90.6 Å². The lowest BCUT2D eigenvalue weighted by atomic mass is 9.70. The number of rotatable bonds is 2. The number of morpholine rings is 1. The number of aromatic nitrogens is 2. The first-order valence-corrected chi connectivity index (χ1v) is 13.0. The Kier molecular flexibility index (Phi) is 5.15. The minimum Gasteiger partial charge on any atom is -0.378 e. The van der Waals surface area contributed by atoms with Gasteiger partial charge in [0.2, 0.25) is 0 Å². The highest BCUT2D eigenvalue weighted by molar-refractivity contribution is 5.92. The van der Waals surface area contributed by atoms with Gasteiger partial charge in [-0.15, -0.1) is 0 Å². The lowest BCUT2D eigenvalue weighted by Crippen LogP contribution is -2.59. The Balaban J connectivity index is 1.23. The maximum atomic E-state index is 13.4. The fourth-order valence-corrected chi connectivity index (χ4v) is 6.44. The number of Topliss-reactive ketones (excluding diaryl/α,β-unsaturated/α-hetero) is 1. The van der Waals surface area contributed by atoms with Crippen LogP contribution in [0.25, 0.3) is 22.2 Å². The molecule has 1 aromatic carbocycles. The number of carbonyl (C=O) groups excluding carboxylic acids is 2. The summed E-state index contributed by atoms with van der Waals surface area (Å²) in [7, 11) is 0. The Morgan fingerprint density at radius 3 is 2.78 bits per heavy atom. The first-order chi connectivity index (χ1) is 17.5. The van der Waals surface area contributed by atoms with E-state index in [2.05, 4.69) is 40.4 Å². The molecule has 8 rings (SSSR count). The van der Waals surface area contributed by atoms with Crippen LogP contribution in [-0.4, -0.2) is 71.0 Å². The Labute approximate surface area is 210 Å². The van der Waals surface area contributed by atoms with Gasteiger partial charge in [0.05, 0.1) is 19.3 Å². The van der Waals surface area contributed by atoms with Crippen LogP contribution in [0.5, 0.6) is 0 Å². The van der Waals surface area contributed by atoms with Gasteiger partial charge in [-0.05, 0) is 59.7 Å². The minimum absolute atomic E-state index is 0.0566. The number of benzene rings is 1. The number of amides is 2. The molecule has 3 aromatic rings. The van der Waals surface area contributed by atoms with Crippen LogP contribution in [0.2, 0.25) is 0 Å². The molecule has 5 aliphatic rings. The Morgan fingerprint density at radius 1 is 1.14 bits per heavy atom. The summed E-state index contributed by atoms with van der Waals surface area (Å²) in [5.41, 5.74) is 8.08. The summed E-state index contributed by atoms with van der Waals surface area (Å²) in [4.78, 5) is 37.2. The van der Waals surface area contributed by atoms with Crippen LogP contribution in [0.4, 0.5) is 4.79 Å². The Hall–Kier alpha value is -3.23. The highest BCUT2D eigenvalue weighted by Gasteiger charge is 2.47. The number of ketones is 1. The highest BCUT2D eigenvalue weighted by atomic mass is 16.5. The second-order valence-corrected chi connectivity index (χ2v) is 10.8. The average Bonchev–Trinajstić information content (AvgIpc) is 3.31. The minimum atomic E-state index is 0.0566. The van der Waals surface area contributed by atoms with Crippen molar-refractivity contribution in [2.24, 2.45) is 11.8 Å². The fourth-order valence-electron chi connectivity index (χ4n) is 6.44. The summed E-state index contributed by atoms with van der Waals surface area (Å²) >= 11 is 0. The van der Waals surface area contributed by atoms with Gasteiger partial charge in [0.15, 0.2) is 0 Å². The first kappa shape index (κ1) is 22.0. The number of carbonyl (C=O) groups is 2. The number of nitrogens with zero attached hydrogens (tertiary/aromatic N) is 3. The maximum absolute atomic E-state index is 13.4. The fraction of sp³-hybridized carbons (Fsp3) is 0.464. The maximum Gasteiger partial charge on any atom is 0.320 e. The van der Waals surface area contributed by atoms with Gasteiger partial charge in [-0.25, -0.2) is 9.78 Å². The smallest absolute Gasteiger partial charge is 0.320 e. The third-order valence-corrected chi connectivity index (χ3v) is 8.54. The van der Waals surface area contributed by atoms with Gasteiger partial charge in [-0.3, -0.25) is 4.79 Å². The number of hydrogen-bond donors (Lipinski definition) is 2. The van der Waals surface area contributed by atoms with Crippen molar-refractivity contribution in [2.75, 3.05) is 39.4 Å². The number of aryl methyl sites for hydroxylation is 1. The molecule has 186 valence electrons. The number of ether oxygens (including phenoxy) is 1. The lowest BCUT2D eigenvalue weighted by molar-refractivity contribution is -0.141. The van der Waals surface area contributed by atoms with E-state index in [1.165, 1.54) is 22.3 Å². The number of piperidine rings is 2. The molecule has 36 heavy (non-hydrogen) atoms. The monoisotopic (exact) mass is 485 g/mol. The molecule has 1 saturated carbocycles. The SMILES string of the molecule is Cc1c[nH]c2ncc(-c3cc4c(c([C@@H]5COCCN5)c3)CN(C(=O)N3CC5CC(C3)C5=O)CC4)cc12. The van der Waals surface area contributed by atoms with Gasteiger partial charge in [0.25, 0.3) is 0 Å². The number of H-pyrrole nitrogens is 1. The molecule has 2 amide bonds. The van der Waals surface area contributed by atoms with E-state index in [4.69, 9.17) is 4.74 Å².